The summed E-state index contributed by atoms with van der Waals surface area (Å²) in [6.07, 6.45) is 0. The number of carboxylic acids is 1. The molecular weight excluding hydrogens is 408 g/mol. The van der Waals surface area contributed by atoms with Crippen LogP contribution in [0.4, 0.5) is 13.6 Å². The van der Waals surface area contributed by atoms with Crippen LogP contribution >= 0.6 is 11.6 Å². The van der Waals surface area contributed by atoms with Gasteiger partial charge >= 0.3 is 12.0 Å². The van der Waals surface area contributed by atoms with E-state index in [9.17, 15) is 23.2 Å². The van der Waals surface area contributed by atoms with Crippen LogP contribution in [0.3, 0.4) is 0 Å². The first kappa shape index (κ1) is 20.3. The molecule has 0 unspecified atom stereocenters. The summed E-state index contributed by atoms with van der Waals surface area (Å²) in [4.78, 5) is 37.5. The van der Waals surface area contributed by atoms with Crippen LogP contribution in [0, 0.1) is 11.6 Å². The lowest BCUT2D eigenvalue weighted by molar-refractivity contribution is 0.0695. The average molecular weight is 422 g/mol. The highest BCUT2D eigenvalue weighted by atomic mass is 35.5. The molecule has 10 heteroatoms. The van der Waals surface area contributed by atoms with Crippen molar-refractivity contribution in [1.29, 1.82) is 0 Å². The molecule has 1 aromatic heterocycles. The van der Waals surface area contributed by atoms with E-state index in [0.29, 0.717) is 16.5 Å². The predicted octanol–water partition coefficient (Wildman–Crippen LogP) is 3.16. The van der Waals surface area contributed by atoms with E-state index in [2.05, 4.69) is 15.6 Å². The van der Waals surface area contributed by atoms with Gasteiger partial charge in [0, 0.05) is 22.5 Å². The molecule has 0 aliphatic heterocycles. The summed E-state index contributed by atoms with van der Waals surface area (Å²) in [6.45, 7) is -0.440. The highest BCUT2D eigenvalue weighted by Gasteiger charge is 2.14. The minimum Gasteiger partial charge on any atom is -0.477 e. The van der Waals surface area contributed by atoms with Gasteiger partial charge in [-0.25, -0.2) is 18.4 Å². The quantitative estimate of drug-likeness (QED) is 0.507. The van der Waals surface area contributed by atoms with Crippen molar-refractivity contribution in [2.45, 2.75) is 13.1 Å². The molecule has 0 fully saturated rings. The number of aromatic nitrogens is 1. The van der Waals surface area contributed by atoms with Crippen LogP contribution in [-0.4, -0.2) is 22.1 Å². The number of urea groups is 1. The van der Waals surface area contributed by atoms with Gasteiger partial charge in [-0.2, -0.15) is 0 Å². The zero-order valence-corrected chi connectivity index (χ0v) is 15.4. The molecule has 2 amide bonds. The number of fused-ring (bicyclic) bond motifs is 1. The summed E-state index contributed by atoms with van der Waals surface area (Å²) in [5.74, 6) is -2.94. The van der Waals surface area contributed by atoms with Gasteiger partial charge in [0.05, 0.1) is 12.1 Å². The molecule has 0 aliphatic rings. The normalized spacial score (nSPS) is 10.7. The van der Waals surface area contributed by atoms with E-state index in [4.69, 9.17) is 16.7 Å². The van der Waals surface area contributed by atoms with Crippen molar-refractivity contribution in [1.82, 2.24) is 15.6 Å². The summed E-state index contributed by atoms with van der Waals surface area (Å²) in [6, 6.07) is 6.84. The number of carbonyl (C=O) groups excluding carboxylic acids is 1. The Morgan fingerprint density at radius 1 is 1.07 bits per heavy atom. The van der Waals surface area contributed by atoms with E-state index in [1.807, 2.05) is 0 Å². The van der Waals surface area contributed by atoms with Crippen molar-refractivity contribution in [3.05, 3.63) is 80.1 Å². The first-order valence-electron chi connectivity index (χ1n) is 8.29. The fraction of sp³-hybridized carbons (Fsp3) is 0.105. The Bertz CT molecular complexity index is 1160. The molecule has 2 aromatic carbocycles. The third kappa shape index (κ3) is 4.52. The SMILES string of the molecule is O=C(NCc1c(F)cccc1F)NCc1cc(Cl)cc2cc(C(=O)O)c(=O)[nH]c12. The number of benzene rings is 2. The summed E-state index contributed by atoms with van der Waals surface area (Å²) in [5.41, 5.74) is -0.781. The van der Waals surface area contributed by atoms with E-state index >= 15 is 0 Å². The van der Waals surface area contributed by atoms with Crippen LogP contribution in [-0.2, 0) is 13.1 Å². The van der Waals surface area contributed by atoms with Crippen LogP contribution < -0.4 is 16.2 Å². The summed E-state index contributed by atoms with van der Waals surface area (Å²) >= 11 is 6.04. The standard InChI is InChI=1S/C19H14ClF2N3O4/c20-11-4-9-6-12(18(27)28)17(26)25-16(9)10(5-11)7-23-19(29)24-8-13-14(21)2-1-3-15(13)22/h1-6H,7-8H2,(H,25,26)(H,27,28)(H2,23,24,29). The van der Waals surface area contributed by atoms with E-state index < -0.39 is 34.8 Å². The van der Waals surface area contributed by atoms with E-state index in [0.717, 1.165) is 12.1 Å². The number of aromatic carboxylic acids is 1. The van der Waals surface area contributed by atoms with Crippen molar-refractivity contribution in [2.24, 2.45) is 0 Å². The number of halogens is 3. The molecule has 150 valence electrons. The molecule has 0 atom stereocenters. The minimum atomic E-state index is -1.38. The van der Waals surface area contributed by atoms with Gasteiger partial charge < -0.3 is 20.7 Å². The molecule has 0 bridgehead atoms. The number of rotatable bonds is 5. The van der Waals surface area contributed by atoms with Gasteiger partial charge in [-0.05, 0) is 35.9 Å². The summed E-state index contributed by atoms with van der Waals surface area (Å²) in [7, 11) is 0. The first-order chi connectivity index (χ1) is 13.8. The van der Waals surface area contributed by atoms with Gasteiger partial charge in [0.1, 0.15) is 17.2 Å². The lowest BCUT2D eigenvalue weighted by Crippen LogP contribution is -2.35. The fourth-order valence-corrected chi connectivity index (χ4v) is 3.01. The summed E-state index contributed by atoms with van der Waals surface area (Å²) in [5, 5.41) is 14.5. The molecule has 0 spiro atoms. The zero-order valence-electron chi connectivity index (χ0n) is 14.7. The Morgan fingerprint density at radius 3 is 2.38 bits per heavy atom. The van der Waals surface area contributed by atoms with Crippen molar-refractivity contribution < 1.29 is 23.5 Å². The van der Waals surface area contributed by atoms with Crippen LogP contribution in [0.25, 0.3) is 10.9 Å². The number of aromatic amines is 1. The molecule has 29 heavy (non-hydrogen) atoms. The number of H-pyrrole nitrogens is 1. The Balaban J connectivity index is 1.76. The van der Waals surface area contributed by atoms with E-state index in [1.54, 1.807) is 0 Å². The van der Waals surface area contributed by atoms with Crippen molar-refractivity contribution in [3.63, 3.8) is 0 Å². The molecule has 0 saturated carbocycles. The Morgan fingerprint density at radius 2 is 1.72 bits per heavy atom. The van der Waals surface area contributed by atoms with Crippen molar-refractivity contribution in [2.75, 3.05) is 0 Å². The van der Waals surface area contributed by atoms with Gasteiger partial charge in [0.2, 0.25) is 0 Å². The van der Waals surface area contributed by atoms with Gasteiger partial charge in [-0.15, -0.1) is 0 Å². The molecule has 7 nitrogen and oxygen atoms in total. The highest BCUT2D eigenvalue weighted by Crippen LogP contribution is 2.22. The third-order valence-corrected chi connectivity index (χ3v) is 4.37. The first-order valence-corrected chi connectivity index (χ1v) is 8.67. The molecular formula is C19H14ClF2N3O4. The Hall–Kier alpha value is -3.46. The number of amides is 2. The van der Waals surface area contributed by atoms with Gasteiger partial charge in [-0.1, -0.05) is 17.7 Å². The van der Waals surface area contributed by atoms with Crippen molar-refractivity contribution in [3.8, 4) is 0 Å². The number of hydrogen-bond acceptors (Lipinski definition) is 3. The fourth-order valence-electron chi connectivity index (χ4n) is 2.76. The van der Waals surface area contributed by atoms with Gasteiger partial charge in [-0.3, -0.25) is 4.79 Å². The van der Waals surface area contributed by atoms with Crippen molar-refractivity contribution >= 4 is 34.5 Å². The highest BCUT2D eigenvalue weighted by molar-refractivity contribution is 6.31. The number of hydrogen-bond donors (Lipinski definition) is 4. The zero-order chi connectivity index (χ0) is 21.1. The lowest BCUT2D eigenvalue weighted by Gasteiger charge is -2.11. The summed E-state index contributed by atoms with van der Waals surface area (Å²) < 4.78 is 27.2. The Kier molecular flexibility index (Phi) is 5.79. The topological polar surface area (TPSA) is 111 Å². The second-order valence-corrected chi connectivity index (χ2v) is 6.52. The largest absolute Gasteiger partial charge is 0.477 e. The smallest absolute Gasteiger partial charge is 0.341 e. The van der Waals surface area contributed by atoms with Crippen LogP contribution in [0.5, 0.6) is 0 Å². The maximum Gasteiger partial charge on any atom is 0.341 e. The third-order valence-electron chi connectivity index (χ3n) is 4.16. The molecule has 4 N–H and O–H groups in total. The number of carbonyl (C=O) groups is 2. The molecule has 0 radical (unpaired) electrons. The average Bonchev–Trinajstić information content (AvgIpc) is 2.65. The number of nitrogens with one attached hydrogen (secondary N) is 3. The molecule has 0 aliphatic carbocycles. The maximum absolute atomic E-state index is 13.6. The molecule has 3 aromatic rings. The van der Waals surface area contributed by atoms with Gasteiger partial charge in [0.25, 0.3) is 5.56 Å². The van der Waals surface area contributed by atoms with E-state index in [-0.39, 0.29) is 23.7 Å². The van der Waals surface area contributed by atoms with Crippen LogP contribution in [0.2, 0.25) is 5.02 Å². The predicted molar refractivity (Wildman–Crippen MR) is 102 cm³/mol. The van der Waals surface area contributed by atoms with Crippen LogP contribution in [0.1, 0.15) is 21.5 Å². The number of carboxylic acid groups (broad SMARTS) is 1. The monoisotopic (exact) mass is 421 g/mol. The van der Waals surface area contributed by atoms with Crippen LogP contribution in [0.15, 0.2) is 41.2 Å². The van der Waals surface area contributed by atoms with E-state index in [1.165, 1.54) is 24.3 Å². The van der Waals surface area contributed by atoms with Gasteiger partial charge in [0.15, 0.2) is 0 Å². The lowest BCUT2D eigenvalue weighted by atomic mass is 10.1. The Labute approximate surface area is 167 Å². The maximum atomic E-state index is 13.6. The molecule has 3 rings (SSSR count). The second-order valence-electron chi connectivity index (χ2n) is 6.08. The molecule has 0 saturated heterocycles. The second kappa shape index (κ2) is 8.27. The molecule has 1 heterocycles. The minimum absolute atomic E-state index is 0.0784. The number of pyridine rings is 1.